The van der Waals surface area contributed by atoms with Crippen molar-refractivity contribution in [3.05, 3.63) is 0 Å². The fraction of sp³-hybridized carbons (Fsp3) is 0.333. The van der Waals surface area contributed by atoms with Gasteiger partial charge in [0.2, 0.25) is 0 Å². The van der Waals surface area contributed by atoms with Crippen molar-refractivity contribution < 1.29 is 19.8 Å². The Labute approximate surface area is 76.5 Å². The molecule has 0 aliphatic carbocycles. The van der Waals surface area contributed by atoms with Crippen molar-refractivity contribution in [2.75, 3.05) is 0 Å². The summed E-state index contributed by atoms with van der Waals surface area (Å²) in [4.78, 5) is 17.1. The summed E-state index contributed by atoms with van der Waals surface area (Å²) in [7, 11) is 0. The van der Waals surface area contributed by atoms with Crippen molar-refractivity contribution in [1.82, 2.24) is 0 Å². The Balaban J connectivity index is -0.0000000575. The normalized spacial score (nSPS) is 4.62. The molecular weight excluding hydrogens is 140 g/mol. The number of carbonyl (C=O) groups is 2. The van der Waals surface area contributed by atoms with Crippen LogP contribution in [0.15, 0.2) is 0 Å². The molecule has 0 radical (unpaired) electrons. The van der Waals surface area contributed by atoms with Crippen LogP contribution in [0.5, 0.6) is 0 Å². The fourth-order valence-electron chi connectivity index (χ4n) is 0. The van der Waals surface area contributed by atoms with Gasteiger partial charge in [-0.3, -0.25) is 0 Å². The first-order valence-electron chi connectivity index (χ1n) is 1.38. The van der Waals surface area contributed by atoms with Gasteiger partial charge in [0.1, 0.15) is 0 Å². The van der Waals surface area contributed by atoms with Gasteiger partial charge in [0.05, 0.1) is 0 Å². The van der Waals surface area contributed by atoms with Gasteiger partial charge in [0.15, 0.2) is 0 Å². The summed E-state index contributed by atoms with van der Waals surface area (Å²) in [5, 5.41) is 17.1. The average molecular weight is 144 g/mol. The largest absolute Gasteiger partial charge is 2.00 e. The van der Waals surface area contributed by atoms with E-state index in [4.69, 9.17) is 19.8 Å². The molecule has 0 aromatic rings. The third-order valence-corrected chi connectivity index (χ3v) is 0. The molecule has 5 heteroatoms. The van der Waals surface area contributed by atoms with E-state index in [2.05, 4.69) is 0 Å². The van der Waals surface area contributed by atoms with Crippen LogP contribution < -0.4 is 10.2 Å². The zero-order valence-corrected chi connectivity index (χ0v) is 6.63. The van der Waals surface area contributed by atoms with Gasteiger partial charge in [-0.25, -0.2) is 0 Å². The molecule has 0 heterocycles. The SMILES string of the molecule is CC(=O)[O-].O=C[O-].[Ca+2]. The van der Waals surface area contributed by atoms with Crippen LogP contribution in [-0.4, -0.2) is 50.2 Å². The fourth-order valence-corrected chi connectivity index (χ4v) is 0. The van der Waals surface area contributed by atoms with Crippen LogP contribution in [-0.2, 0) is 9.59 Å². The van der Waals surface area contributed by atoms with Crippen molar-refractivity contribution in [2.45, 2.75) is 6.92 Å². The molecule has 0 bridgehead atoms. The predicted molar refractivity (Wildman–Crippen MR) is 22.5 cm³/mol. The minimum atomic E-state index is -1.08. The second-order valence-electron chi connectivity index (χ2n) is 0.588. The maximum absolute atomic E-state index is 8.89. The Kier molecular flexibility index (Phi) is 30.8. The number of rotatable bonds is 0. The molecule has 0 saturated heterocycles. The van der Waals surface area contributed by atoms with Crippen molar-refractivity contribution in [1.29, 1.82) is 0 Å². The third kappa shape index (κ3) is 4200. The average Bonchev–Trinajstić information content (AvgIpc) is 1.33. The third-order valence-electron chi connectivity index (χ3n) is 0. The van der Waals surface area contributed by atoms with Gasteiger partial charge in [-0.05, 0) is 6.92 Å². The molecule has 0 fully saturated rings. The number of carboxylic acids is 1. The van der Waals surface area contributed by atoms with Crippen LogP contribution in [0, 0.1) is 0 Å². The molecule has 0 aromatic heterocycles. The Hall–Kier alpha value is 0.200. The van der Waals surface area contributed by atoms with Crippen LogP contribution in [0.3, 0.4) is 0 Å². The number of aliphatic carboxylic acids is 1. The summed E-state index contributed by atoms with van der Waals surface area (Å²) >= 11 is 0. The quantitative estimate of drug-likeness (QED) is 0.264. The standard InChI is InChI=1S/C2H4O2.CH2O2.Ca/c1-2(3)4;2-1-3;/h1H3,(H,3,4);1H,(H,2,3);/q;;+2/p-2. The van der Waals surface area contributed by atoms with Crippen LogP contribution in [0.2, 0.25) is 0 Å². The van der Waals surface area contributed by atoms with Gasteiger partial charge in [0, 0.05) is 12.4 Å². The molecule has 0 N–H and O–H groups in total. The van der Waals surface area contributed by atoms with Crippen LogP contribution >= 0.6 is 0 Å². The summed E-state index contributed by atoms with van der Waals surface area (Å²) in [5.41, 5.74) is 0. The maximum atomic E-state index is 8.89. The molecule has 4 nitrogen and oxygen atoms in total. The van der Waals surface area contributed by atoms with Crippen LogP contribution in [0.4, 0.5) is 0 Å². The zero-order chi connectivity index (χ0) is 6.28. The second kappa shape index (κ2) is 15.7. The number of hydrogen-bond donors (Lipinski definition) is 0. The summed E-state index contributed by atoms with van der Waals surface area (Å²) in [6, 6.07) is 0. The Bertz CT molecular complexity index is 58.3. The number of carboxylic acid groups (broad SMARTS) is 2. The summed E-state index contributed by atoms with van der Waals surface area (Å²) in [5.74, 6) is -1.08. The summed E-state index contributed by atoms with van der Waals surface area (Å²) < 4.78 is 0. The van der Waals surface area contributed by atoms with Gasteiger partial charge in [0.25, 0.3) is 0 Å². The first kappa shape index (κ1) is 15.7. The van der Waals surface area contributed by atoms with Gasteiger partial charge < -0.3 is 19.8 Å². The van der Waals surface area contributed by atoms with Crippen molar-refractivity contribution in [2.24, 2.45) is 0 Å². The number of hydrogen-bond acceptors (Lipinski definition) is 4. The van der Waals surface area contributed by atoms with Crippen molar-refractivity contribution >= 4 is 50.2 Å². The molecule has 42 valence electrons. The maximum Gasteiger partial charge on any atom is 2.00 e. The van der Waals surface area contributed by atoms with E-state index in [1.54, 1.807) is 0 Å². The van der Waals surface area contributed by atoms with Gasteiger partial charge in [-0.2, -0.15) is 0 Å². The molecule has 8 heavy (non-hydrogen) atoms. The molecule has 0 aromatic carbocycles. The van der Waals surface area contributed by atoms with Crippen LogP contribution in [0.25, 0.3) is 0 Å². The van der Waals surface area contributed by atoms with E-state index in [9.17, 15) is 0 Å². The topological polar surface area (TPSA) is 80.3 Å². The number of carbonyl (C=O) groups excluding carboxylic acids is 2. The van der Waals surface area contributed by atoms with E-state index in [1.165, 1.54) is 0 Å². The van der Waals surface area contributed by atoms with E-state index >= 15 is 0 Å². The zero-order valence-electron chi connectivity index (χ0n) is 4.42. The molecule has 0 rings (SSSR count). The molecule has 0 spiro atoms. The monoisotopic (exact) mass is 144 g/mol. The summed E-state index contributed by atoms with van der Waals surface area (Å²) in [6.07, 6.45) is 0. The second-order valence-corrected chi connectivity index (χ2v) is 0.588. The van der Waals surface area contributed by atoms with E-state index < -0.39 is 12.4 Å². The molecule has 0 aliphatic rings. The molecular formula is C3H4CaO4. The molecule has 0 unspecified atom stereocenters. The van der Waals surface area contributed by atoms with Crippen LogP contribution in [0.1, 0.15) is 6.92 Å². The minimum Gasteiger partial charge on any atom is -0.554 e. The Morgan fingerprint density at radius 1 is 1.62 bits per heavy atom. The van der Waals surface area contributed by atoms with E-state index in [1.807, 2.05) is 0 Å². The van der Waals surface area contributed by atoms with Crippen molar-refractivity contribution in [3.8, 4) is 0 Å². The molecule has 0 aliphatic heterocycles. The van der Waals surface area contributed by atoms with Gasteiger partial charge >= 0.3 is 37.7 Å². The van der Waals surface area contributed by atoms with E-state index in [-0.39, 0.29) is 37.7 Å². The summed E-state index contributed by atoms with van der Waals surface area (Å²) in [6.45, 7) is 0.472. The first-order chi connectivity index (χ1) is 3.15. The molecule has 0 saturated carbocycles. The van der Waals surface area contributed by atoms with E-state index in [0.29, 0.717) is 0 Å². The Morgan fingerprint density at radius 2 is 1.62 bits per heavy atom. The van der Waals surface area contributed by atoms with Crippen molar-refractivity contribution in [3.63, 3.8) is 0 Å². The van der Waals surface area contributed by atoms with Gasteiger partial charge in [-0.1, -0.05) is 0 Å². The minimum absolute atomic E-state index is 0. The molecule has 0 amide bonds. The first-order valence-corrected chi connectivity index (χ1v) is 1.38. The molecule has 0 atom stereocenters. The predicted octanol–water partition coefficient (Wildman–Crippen LogP) is -3.26. The smallest absolute Gasteiger partial charge is 0.554 e. The van der Waals surface area contributed by atoms with E-state index in [0.717, 1.165) is 6.92 Å². The van der Waals surface area contributed by atoms with Gasteiger partial charge in [-0.15, -0.1) is 0 Å². The Morgan fingerprint density at radius 3 is 1.62 bits per heavy atom.